The van der Waals surface area contributed by atoms with E-state index in [2.05, 4.69) is 18.3 Å². The van der Waals surface area contributed by atoms with Gasteiger partial charge in [-0.3, -0.25) is 4.79 Å². The Morgan fingerprint density at radius 1 is 1.13 bits per heavy atom. The Bertz CT molecular complexity index is 1100. The smallest absolute Gasteiger partial charge is 0.257 e. The maximum atomic E-state index is 13.1. The molecule has 0 aliphatic heterocycles. The third-order valence-corrected chi connectivity index (χ3v) is 6.18. The maximum absolute atomic E-state index is 13.1. The van der Waals surface area contributed by atoms with Crippen LogP contribution in [0.5, 0.6) is 0 Å². The summed E-state index contributed by atoms with van der Waals surface area (Å²) in [7, 11) is 0. The van der Waals surface area contributed by atoms with Gasteiger partial charge in [0.25, 0.3) is 5.91 Å². The van der Waals surface area contributed by atoms with Gasteiger partial charge in [0, 0.05) is 13.1 Å². The van der Waals surface area contributed by atoms with Crippen LogP contribution < -0.4 is 11.1 Å². The van der Waals surface area contributed by atoms with Crippen molar-refractivity contribution in [3.63, 3.8) is 0 Å². The van der Waals surface area contributed by atoms with E-state index in [1.165, 1.54) is 31.3 Å². The van der Waals surface area contributed by atoms with Crippen molar-refractivity contribution in [3.8, 4) is 0 Å². The normalized spacial score (nSPS) is 14.2. The predicted molar refractivity (Wildman–Crippen MR) is 127 cm³/mol. The van der Waals surface area contributed by atoms with E-state index in [0.29, 0.717) is 35.6 Å². The van der Waals surface area contributed by atoms with Crippen molar-refractivity contribution in [2.75, 3.05) is 12.3 Å². The van der Waals surface area contributed by atoms with E-state index < -0.39 is 0 Å². The molecule has 0 unspecified atom stereocenters. The molecular weight excluding hydrogens is 386 g/mol. The monoisotopic (exact) mass is 419 g/mol. The second-order valence-electron chi connectivity index (χ2n) is 8.47. The summed E-state index contributed by atoms with van der Waals surface area (Å²) in [5.41, 5.74) is 11.4. The molecule has 0 spiro atoms. The topological polar surface area (TPSA) is 85.8 Å². The van der Waals surface area contributed by atoms with Gasteiger partial charge in [-0.1, -0.05) is 50.0 Å². The van der Waals surface area contributed by atoms with Crippen molar-refractivity contribution in [3.05, 3.63) is 41.5 Å². The molecule has 0 bridgehead atoms. The molecule has 2 heterocycles. The fourth-order valence-corrected chi connectivity index (χ4v) is 4.40. The van der Waals surface area contributed by atoms with Gasteiger partial charge >= 0.3 is 0 Å². The molecule has 1 amide bonds. The summed E-state index contributed by atoms with van der Waals surface area (Å²) in [4.78, 5) is 22.7. The maximum Gasteiger partial charge on any atom is 0.257 e. The lowest BCUT2D eigenvalue weighted by atomic mass is 9.97. The van der Waals surface area contributed by atoms with Crippen LogP contribution in [0.1, 0.15) is 75.1 Å². The van der Waals surface area contributed by atoms with E-state index >= 15 is 0 Å². The molecule has 3 aromatic rings. The highest BCUT2D eigenvalue weighted by atomic mass is 16.1. The minimum Gasteiger partial charge on any atom is -0.384 e. The third-order valence-electron chi connectivity index (χ3n) is 6.18. The number of aromatic nitrogens is 3. The SMILES string of the molecule is CCCCCCNC(=O)c1c(N)n(CCC2=CCCCC2)c2nc3ccccc3nc12. The third kappa shape index (κ3) is 4.73. The zero-order valence-electron chi connectivity index (χ0n) is 18.5. The number of nitrogens with two attached hydrogens (primary N) is 1. The lowest BCUT2D eigenvalue weighted by Gasteiger charge is -2.14. The number of nitrogens with zero attached hydrogens (tertiary/aromatic N) is 3. The molecule has 31 heavy (non-hydrogen) atoms. The van der Waals surface area contributed by atoms with Gasteiger partial charge < -0.3 is 15.6 Å². The Morgan fingerprint density at radius 3 is 2.68 bits per heavy atom. The second kappa shape index (κ2) is 9.94. The van der Waals surface area contributed by atoms with E-state index in [1.54, 1.807) is 0 Å². The largest absolute Gasteiger partial charge is 0.384 e. The van der Waals surface area contributed by atoms with Crippen LogP contribution in [0, 0.1) is 0 Å². The summed E-state index contributed by atoms with van der Waals surface area (Å²) in [6.07, 6.45) is 12.6. The Morgan fingerprint density at radius 2 is 1.94 bits per heavy atom. The quantitative estimate of drug-likeness (QED) is 0.361. The number of anilines is 1. The van der Waals surface area contributed by atoms with Gasteiger partial charge in [-0.15, -0.1) is 0 Å². The number of nitrogens with one attached hydrogen (secondary N) is 1. The molecule has 3 N–H and O–H groups in total. The first-order valence-corrected chi connectivity index (χ1v) is 11.7. The van der Waals surface area contributed by atoms with Crippen LogP contribution in [0.2, 0.25) is 0 Å². The molecule has 6 heteroatoms. The van der Waals surface area contributed by atoms with Gasteiger partial charge in [0.15, 0.2) is 5.65 Å². The molecule has 6 nitrogen and oxygen atoms in total. The number of fused-ring (bicyclic) bond motifs is 2. The van der Waals surface area contributed by atoms with Gasteiger partial charge in [-0.2, -0.15) is 0 Å². The number of nitrogen functional groups attached to an aromatic ring is 1. The fourth-order valence-electron chi connectivity index (χ4n) is 4.40. The van der Waals surface area contributed by atoms with Crippen LogP contribution in [0.25, 0.3) is 22.2 Å². The van der Waals surface area contributed by atoms with Gasteiger partial charge in [0.2, 0.25) is 0 Å². The van der Waals surface area contributed by atoms with E-state index in [4.69, 9.17) is 15.7 Å². The second-order valence-corrected chi connectivity index (χ2v) is 8.47. The Kier molecular flexibility index (Phi) is 6.85. The van der Waals surface area contributed by atoms with Gasteiger partial charge in [-0.05, 0) is 50.7 Å². The number of hydrogen-bond donors (Lipinski definition) is 2. The molecule has 4 rings (SSSR count). The number of carbonyl (C=O) groups is 1. The van der Waals surface area contributed by atoms with Crippen molar-refractivity contribution >= 4 is 33.9 Å². The highest BCUT2D eigenvalue weighted by Gasteiger charge is 2.23. The Hall–Kier alpha value is -2.89. The molecule has 0 fully saturated rings. The zero-order valence-corrected chi connectivity index (χ0v) is 18.5. The molecule has 1 aliphatic carbocycles. The first-order chi connectivity index (χ1) is 15.2. The highest BCUT2D eigenvalue weighted by molar-refractivity contribution is 6.10. The summed E-state index contributed by atoms with van der Waals surface area (Å²) < 4.78 is 1.98. The van der Waals surface area contributed by atoms with Crippen molar-refractivity contribution in [1.29, 1.82) is 0 Å². The number of benzene rings is 1. The average Bonchev–Trinajstić information content (AvgIpc) is 3.06. The van der Waals surface area contributed by atoms with Crippen LogP contribution in [-0.2, 0) is 6.54 Å². The minimum absolute atomic E-state index is 0.154. The number of carbonyl (C=O) groups excluding carboxylic acids is 1. The number of para-hydroxylation sites is 2. The first kappa shape index (κ1) is 21.3. The van der Waals surface area contributed by atoms with Crippen LogP contribution in [0.15, 0.2) is 35.9 Å². The first-order valence-electron chi connectivity index (χ1n) is 11.7. The molecule has 0 atom stereocenters. The fraction of sp³-hybridized carbons (Fsp3) is 0.480. The zero-order chi connectivity index (χ0) is 21.6. The average molecular weight is 420 g/mol. The number of hydrogen-bond acceptors (Lipinski definition) is 4. The molecule has 1 aliphatic rings. The molecule has 164 valence electrons. The van der Waals surface area contributed by atoms with Crippen molar-refractivity contribution in [2.45, 2.75) is 71.3 Å². The standard InChI is InChI=1S/C25H33N5O/c1-2-3-4-10-16-27-25(31)21-22-24(29-20-14-9-8-13-19(20)28-22)30(23(21)26)17-15-18-11-6-5-7-12-18/h8-9,11,13-14H,2-7,10,12,15-17,26H2,1H3,(H,27,31). The molecule has 0 radical (unpaired) electrons. The molecule has 2 aromatic heterocycles. The van der Waals surface area contributed by atoms with Gasteiger partial charge in [-0.25, -0.2) is 9.97 Å². The summed E-state index contributed by atoms with van der Waals surface area (Å²) in [5.74, 6) is 0.312. The van der Waals surface area contributed by atoms with Gasteiger partial charge in [0.05, 0.1) is 11.0 Å². The van der Waals surface area contributed by atoms with E-state index in [9.17, 15) is 4.79 Å². The van der Waals surface area contributed by atoms with E-state index in [1.807, 2.05) is 28.8 Å². The Balaban J connectivity index is 1.66. The molecule has 0 saturated carbocycles. The number of unbranched alkanes of at least 4 members (excludes halogenated alkanes) is 3. The lowest BCUT2D eigenvalue weighted by molar-refractivity contribution is 0.0955. The van der Waals surface area contributed by atoms with Crippen LogP contribution in [0.4, 0.5) is 5.82 Å². The van der Waals surface area contributed by atoms with E-state index in [-0.39, 0.29) is 5.91 Å². The lowest BCUT2D eigenvalue weighted by Crippen LogP contribution is -2.25. The molecule has 1 aromatic carbocycles. The number of amides is 1. The summed E-state index contributed by atoms with van der Waals surface area (Å²) in [5, 5.41) is 3.05. The van der Waals surface area contributed by atoms with E-state index in [0.717, 1.165) is 43.1 Å². The van der Waals surface area contributed by atoms with Gasteiger partial charge in [0.1, 0.15) is 16.9 Å². The Labute approximate surface area is 183 Å². The van der Waals surface area contributed by atoms with Crippen LogP contribution >= 0.6 is 0 Å². The van der Waals surface area contributed by atoms with Crippen molar-refractivity contribution in [2.24, 2.45) is 0 Å². The minimum atomic E-state index is -0.154. The van der Waals surface area contributed by atoms with Crippen LogP contribution in [0.3, 0.4) is 0 Å². The molecule has 0 saturated heterocycles. The predicted octanol–water partition coefficient (Wildman–Crippen LogP) is 5.37. The number of rotatable bonds is 9. The van der Waals surface area contributed by atoms with Crippen molar-refractivity contribution < 1.29 is 4.79 Å². The summed E-state index contributed by atoms with van der Waals surface area (Å²) >= 11 is 0. The summed E-state index contributed by atoms with van der Waals surface area (Å²) in [6, 6.07) is 7.77. The van der Waals surface area contributed by atoms with Crippen LogP contribution in [-0.4, -0.2) is 27.0 Å². The van der Waals surface area contributed by atoms with Crippen molar-refractivity contribution in [1.82, 2.24) is 19.9 Å². The number of allylic oxidation sites excluding steroid dienone is 2. The number of aryl methyl sites for hydroxylation is 1. The highest BCUT2D eigenvalue weighted by Crippen LogP contribution is 2.29. The molecular formula is C25H33N5O. The summed E-state index contributed by atoms with van der Waals surface area (Å²) in [6.45, 7) is 3.55.